The number of nitrogens with one attached hydrogen (secondary N) is 1. The van der Waals surface area contributed by atoms with Gasteiger partial charge in [0.05, 0.1) is 5.54 Å². The highest BCUT2D eigenvalue weighted by molar-refractivity contribution is 5.86. The highest BCUT2D eigenvalue weighted by atomic mass is 35.5. The molecule has 1 heterocycles. The van der Waals surface area contributed by atoms with Gasteiger partial charge in [-0.25, -0.2) is 0 Å². The van der Waals surface area contributed by atoms with Crippen molar-refractivity contribution in [3.63, 3.8) is 0 Å². The van der Waals surface area contributed by atoms with Gasteiger partial charge in [0.2, 0.25) is 5.91 Å². The lowest BCUT2D eigenvalue weighted by atomic mass is 10.0. The Bertz CT molecular complexity index is 282. The van der Waals surface area contributed by atoms with E-state index < -0.39 is 5.54 Å². The third kappa shape index (κ3) is 6.30. The molecule has 0 atom stereocenters. The van der Waals surface area contributed by atoms with Gasteiger partial charge in [0.15, 0.2) is 0 Å². The third-order valence-corrected chi connectivity index (χ3v) is 3.72. The maximum atomic E-state index is 11.8. The number of piperidine rings is 1. The van der Waals surface area contributed by atoms with Crippen molar-refractivity contribution in [1.29, 1.82) is 0 Å². The van der Waals surface area contributed by atoms with Crippen LogP contribution in [-0.2, 0) is 4.79 Å². The number of likely N-dealkylation sites (tertiary alicyclic amines) is 1. The second kappa shape index (κ2) is 7.67. The minimum absolute atomic E-state index is 0. The molecular formula is C13H27Cl2N3O. The van der Waals surface area contributed by atoms with Gasteiger partial charge in [0, 0.05) is 25.7 Å². The SMILES string of the molecule is CC(C)(N)C(=O)NC1CCN(CC2CC2)CC1.Cl.Cl. The zero-order chi connectivity index (χ0) is 12.5. The maximum absolute atomic E-state index is 11.8. The molecule has 0 aromatic heterocycles. The number of hydrogen-bond donors (Lipinski definition) is 2. The molecule has 0 radical (unpaired) electrons. The molecule has 1 saturated heterocycles. The van der Waals surface area contributed by atoms with Crippen LogP contribution in [0.5, 0.6) is 0 Å². The second-order valence-corrected chi connectivity index (χ2v) is 6.21. The summed E-state index contributed by atoms with van der Waals surface area (Å²) in [5, 5.41) is 3.06. The molecule has 1 saturated carbocycles. The summed E-state index contributed by atoms with van der Waals surface area (Å²) in [6.07, 6.45) is 4.96. The normalized spacial score (nSPS) is 21.2. The highest BCUT2D eigenvalue weighted by Crippen LogP contribution is 2.30. The summed E-state index contributed by atoms with van der Waals surface area (Å²) in [4.78, 5) is 14.3. The molecular weight excluding hydrogens is 285 g/mol. The molecule has 0 aromatic carbocycles. The maximum Gasteiger partial charge on any atom is 0.239 e. The van der Waals surface area contributed by atoms with Crippen LogP contribution in [-0.4, -0.2) is 42.0 Å². The van der Waals surface area contributed by atoms with E-state index in [1.807, 2.05) is 0 Å². The lowest BCUT2D eigenvalue weighted by Crippen LogP contribution is -2.54. The first-order valence-electron chi connectivity index (χ1n) is 6.77. The topological polar surface area (TPSA) is 58.4 Å². The Kier molecular flexibility index (Phi) is 7.66. The standard InChI is InChI=1S/C13H25N3O.2ClH/c1-13(2,14)12(17)15-11-5-7-16(8-6-11)9-10-3-4-10;;/h10-11H,3-9,14H2,1-2H3,(H,15,17);2*1H. The second-order valence-electron chi connectivity index (χ2n) is 6.21. The quantitative estimate of drug-likeness (QED) is 0.828. The van der Waals surface area contributed by atoms with Crippen LogP contribution in [0.1, 0.15) is 39.5 Å². The van der Waals surface area contributed by atoms with Gasteiger partial charge in [-0.05, 0) is 45.4 Å². The predicted molar refractivity (Wildman–Crippen MR) is 83.1 cm³/mol. The number of nitrogens with two attached hydrogens (primary N) is 1. The lowest BCUT2D eigenvalue weighted by molar-refractivity contribution is -0.126. The van der Waals surface area contributed by atoms with Crippen LogP contribution in [0.4, 0.5) is 0 Å². The smallest absolute Gasteiger partial charge is 0.239 e. The van der Waals surface area contributed by atoms with Gasteiger partial charge >= 0.3 is 0 Å². The van der Waals surface area contributed by atoms with E-state index in [0.717, 1.165) is 31.8 Å². The average molecular weight is 312 g/mol. The number of amides is 1. The van der Waals surface area contributed by atoms with Gasteiger partial charge < -0.3 is 16.0 Å². The molecule has 114 valence electrons. The van der Waals surface area contributed by atoms with E-state index >= 15 is 0 Å². The number of carbonyl (C=O) groups is 1. The van der Waals surface area contributed by atoms with Crippen molar-refractivity contribution in [2.24, 2.45) is 11.7 Å². The molecule has 2 aliphatic rings. The Morgan fingerprint density at radius 1 is 1.21 bits per heavy atom. The Hall–Kier alpha value is -0.0300. The van der Waals surface area contributed by atoms with Crippen molar-refractivity contribution in [2.75, 3.05) is 19.6 Å². The molecule has 2 rings (SSSR count). The zero-order valence-corrected chi connectivity index (χ0v) is 13.5. The highest BCUT2D eigenvalue weighted by Gasteiger charge is 2.29. The van der Waals surface area contributed by atoms with Gasteiger partial charge in [-0.1, -0.05) is 0 Å². The van der Waals surface area contributed by atoms with Crippen LogP contribution >= 0.6 is 24.8 Å². The lowest BCUT2D eigenvalue weighted by Gasteiger charge is -2.33. The van der Waals surface area contributed by atoms with E-state index in [0.29, 0.717) is 6.04 Å². The van der Waals surface area contributed by atoms with E-state index in [-0.39, 0.29) is 30.7 Å². The molecule has 19 heavy (non-hydrogen) atoms. The first kappa shape index (κ1) is 19.0. The number of rotatable bonds is 4. The average Bonchev–Trinajstić information content (AvgIpc) is 3.03. The summed E-state index contributed by atoms with van der Waals surface area (Å²) >= 11 is 0. The fourth-order valence-corrected chi connectivity index (χ4v) is 2.30. The molecule has 2 fully saturated rings. The summed E-state index contributed by atoms with van der Waals surface area (Å²) < 4.78 is 0. The molecule has 3 N–H and O–H groups in total. The van der Waals surface area contributed by atoms with Crippen molar-refractivity contribution in [3.8, 4) is 0 Å². The van der Waals surface area contributed by atoms with Crippen molar-refractivity contribution in [2.45, 2.75) is 51.1 Å². The van der Waals surface area contributed by atoms with Gasteiger partial charge in [0.1, 0.15) is 0 Å². The Morgan fingerprint density at radius 2 is 1.74 bits per heavy atom. The Labute approximate surface area is 128 Å². The first-order chi connectivity index (χ1) is 7.95. The van der Waals surface area contributed by atoms with E-state index in [1.165, 1.54) is 19.4 Å². The van der Waals surface area contributed by atoms with E-state index in [9.17, 15) is 4.79 Å². The minimum Gasteiger partial charge on any atom is -0.352 e. The third-order valence-electron chi connectivity index (χ3n) is 3.72. The fraction of sp³-hybridized carbons (Fsp3) is 0.923. The van der Waals surface area contributed by atoms with Gasteiger partial charge in [-0.3, -0.25) is 4.79 Å². The minimum atomic E-state index is -0.759. The van der Waals surface area contributed by atoms with Crippen LogP contribution in [0, 0.1) is 5.92 Å². The number of nitrogens with zero attached hydrogens (tertiary/aromatic N) is 1. The van der Waals surface area contributed by atoms with Crippen LogP contribution < -0.4 is 11.1 Å². The Balaban J connectivity index is 0.00000162. The monoisotopic (exact) mass is 311 g/mol. The summed E-state index contributed by atoms with van der Waals surface area (Å²) in [7, 11) is 0. The fourth-order valence-electron chi connectivity index (χ4n) is 2.30. The zero-order valence-electron chi connectivity index (χ0n) is 11.9. The molecule has 0 spiro atoms. The number of hydrogen-bond acceptors (Lipinski definition) is 3. The number of halogens is 2. The van der Waals surface area contributed by atoms with E-state index in [4.69, 9.17) is 5.73 Å². The molecule has 0 aromatic rings. The molecule has 1 aliphatic heterocycles. The summed E-state index contributed by atoms with van der Waals surface area (Å²) in [5.74, 6) is 0.933. The molecule has 1 aliphatic carbocycles. The predicted octanol–water partition coefficient (Wildman–Crippen LogP) is 1.56. The molecule has 1 amide bonds. The molecule has 6 heteroatoms. The van der Waals surface area contributed by atoms with Crippen LogP contribution in [0.15, 0.2) is 0 Å². The largest absolute Gasteiger partial charge is 0.352 e. The van der Waals surface area contributed by atoms with Crippen molar-refractivity contribution >= 4 is 30.7 Å². The summed E-state index contributed by atoms with van der Waals surface area (Å²) in [6, 6.07) is 0.320. The summed E-state index contributed by atoms with van der Waals surface area (Å²) in [5.41, 5.74) is 5.02. The Morgan fingerprint density at radius 3 is 2.16 bits per heavy atom. The molecule has 0 bridgehead atoms. The van der Waals surface area contributed by atoms with Crippen LogP contribution in [0.3, 0.4) is 0 Å². The van der Waals surface area contributed by atoms with Crippen molar-refractivity contribution in [1.82, 2.24) is 10.2 Å². The van der Waals surface area contributed by atoms with Crippen LogP contribution in [0.2, 0.25) is 0 Å². The van der Waals surface area contributed by atoms with Gasteiger partial charge in [-0.15, -0.1) is 24.8 Å². The number of carbonyl (C=O) groups excluding carboxylic acids is 1. The van der Waals surface area contributed by atoms with Crippen LogP contribution in [0.25, 0.3) is 0 Å². The molecule has 4 nitrogen and oxygen atoms in total. The van der Waals surface area contributed by atoms with Gasteiger partial charge in [0.25, 0.3) is 0 Å². The first-order valence-corrected chi connectivity index (χ1v) is 6.77. The van der Waals surface area contributed by atoms with E-state index in [1.54, 1.807) is 13.8 Å². The summed E-state index contributed by atoms with van der Waals surface area (Å²) in [6.45, 7) is 7.01. The van der Waals surface area contributed by atoms with E-state index in [2.05, 4.69) is 10.2 Å². The van der Waals surface area contributed by atoms with Crippen molar-refractivity contribution < 1.29 is 4.79 Å². The molecule has 0 unspecified atom stereocenters. The van der Waals surface area contributed by atoms with Gasteiger partial charge in [-0.2, -0.15) is 0 Å². The van der Waals surface area contributed by atoms with Crippen molar-refractivity contribution in [3.05, 3.63) is 0 Å².